The van der Waals surface area contributed by atoms with E-state index in [0.29, 0.717) is 12.1 Å². The van der Waals surface area contributed by atoms with Gasteiger partial charge in [-0.25, -0.2) is 4.79 Å². The molecular formula is C20H39N3O2. The van der Waals surface area contributed by atoms with Gasteiger partial charge in [0.25, 0.3) is 0 Å². The van der Waals surface area contributed by atoms with Crippen LogP contribution in [0.5, 0.6) is 0 Å². The Balaban J connectivity index is 1.82. The molecular weight excluding hydrogens is 314 g/mol. The molecule has 146 valence electrons. The molecule has 2 unspecified atom stereocenters. The SMILES string of the molecule is CC(C)N1CCC(CNC2CCN(C(=O)OC(C)(C)C)CC2(C)C)C1. The van der Waals surface area contributed by atoms with Gasteiger partial charge in [-0.3, -0.25) is 0 Å². The zero-order valence-electron chi connectivity index (χ0n) is 17.4. The van der Waals surface area contributed by atoms with Crippen LogP contribution in [0.25, 0.3) is 0 Å². The maximum atomic E-state index is 12.4. The van der Waals surface area contributed by atoms with Gasteiger partial charge in [0, 0.05) is 31.7 Å². The molecule has 0 spiro atoms. The number of rotatable bonds is 4. The van der Waals surface area contributed by atoms with Gasteiger partial charge in [-0.15, -0.1) is 0 Å². The highest BCUT2D eigenvalue weighted by molar-refractivity contribution is 5.68. The number of carbonyl (C=O) groups excluding carboxylic acids is 1. The molecule has 2 aliphatic heterocycles. The molecule has 2 fully saturated rings. The number of carbonyl (C=O) groups is 1. The normalized spacial score (nSPS) is 27.8. The monoisotopic (exact) mass is 353 g/mol. The van der Waals surface area contributed by atoms with E-state index in [0.717, 1.165) is 32.0 Å². The summed E-state index contributed by atoms with van der Waals surface area (Å²) in [6, 6.07) is 1.11. The van der Waals surface area contributed by atoms with E-state index in [-0.39, 0.29) is 11.5 Å². The average molecular weight is 354 g/mol. The second kappa shape index (κ2) is 7.83. The molecule has 1 N–H and O–H groups in total. The first kappa shape index (κ1) is 20.5. The molecule has 0 aromatic rings. The van der Waals surface area contributed by atoms with Crippen molar-refractivity contribution in [3.63, 3.8) is 0 Å². The van der Waals surface area contributed by atoms with Crippen LogP contribution in [-0.2, 0) is 4.74 Å². The number of nitrogens with zero attached hydrogens (tertiary/aromatic N) is 2. The van der Waals surface area contributed by atoms with Crippen molar-refractivity contribution >= 4 is 6.09 Å². The molecule has 0 radical (unpaired) electrons. The Hall–Kier alpha value is -0.810. The molecule has 0 aromatic heterocycles. The van der Waals surface area contributed by atoms with Crippen molar-refractivity contribution in [2.24, 2.45) is 11.3 Å². The third-order valence-corrected chi connectivity index (χ3v) is 5.58. The van der Waals surface area contributed by atoms with E-state index in [1.807, 2.05) is 25.7 Å². The first-order valence-electron chi connectivity index (χ1n) is 9.93. The Morgan fingerprint density at radius 2 is 1.92 bits per heavy atom. The quantitative estimate of drug-likeness (QED) is 0.842. The highest BCUT2D eigenvalue weighted by Gasteiger charge is 2.39. The molecule has 0 saturated carbocycles. The van der Waals surface area contributed by atoms with Crippen LogP contribution in [0.15, 0.2) is 0 Å². The predicted octanol–water partition coefficient (Wildman–Crippen LogP) is 3.34. The molecule has 5 nitrogen and oxygen atoms in total. The lowest BCUT2D eigenvalue weighted by Crippen LogP contribution is -2.56. The minimum atomic E-state index is -0.429. The molecule has 5 heteroatoms. The van der Waals surface area contributed by atoms with Gasteiger partial charge in [0.15, 0.2) is 0 Å². The average Bonchev–Trinajstić information content (AvgIpc) is 2.92. The Kier molecular flexibility index (Phi) is 6.42. The van der Waals surface area contributed by atoms with Crippen LogP contribution in [0.3, 0.4) is 0 Å². The van der Waals surface area contributed by atoms with Crippen molar-refractivity contribution in [2.45, 2.75) is 79.0 Å². The molecule has 2 saturated heterocycles. The van der Waals surface area contributed by atoms with Gasteiger partial charge >= 0.3 is 6.09 Å². The van der Waals surface area contributed by atoms with Crippen molar-refractivity contribution < 1.29 is 9.53 Å². The van der Waals surface area contributed by atoms with Crippen molar-refractivity contribution in [1.29, 1.82) is 0 Å². The van der Waals surface area contributed by atoms with Crippen molar-refractivity contribution in [3.8, 4) is 0 Å². The van der Waals surface area contributed by atoms with E-state index in [1.54, 1.807) is 0 Å². The van der Waals surface area contributed by atoms with Crippen LogP contribution in [-0.4, -0.2) is 66.3 Å². The van der Waals surface area contributed by atoms with E-state index >= 15 is 0 Å². The summed E-state index contributed by atoms with van der Waals surface area (Å²) < 4.78 is 5.54. The van der Waals surface area contributed by atoms with Crippen LogP contribution in [0.2, 0.25) is 0 Å². The predicted molar refractivity (Wildman–Crippen MR) is 103 cm³/mol. The van der Waals surface area contributed by atoms with Crippen LogP contribution in [0.1, 0.15) is 61.3 Å². The Morgan fingerprint density at radius 3 is 2.44 bits per heavy atom. The molecule has 2 aliphatic rings. The Morgan fingerprint density at radius 1 is 1.24 bits per heavy atom. The fourth-order valence-corrected chi connectivity index (χ4v) is 4.02. The Labute approximate surface area is 154 Å². The highest BCUT2D eigenvalue weighted by Crippen LogP contribution is 2.30. The van der Waals surface area contributed by atoms with Gasteiger partial charge in [-0.2, -0.15) is 0 Å². The van der Waals surface area contributed by atoms with Crippen molar-refractivity contribution in [3.05, 3.63) is 0 Å². The first-order valence-corrected chi connectivity index (χ1v) is 9.93. The van der Waals surface area contributed by atoms with E-state index in [1.165, 1.54) is 19.5 Å². The fourth-order valence-electron chi connectivity index (χ4n) is 4.02. The lowest BCUT2D eigenvalue weighted by molar-refractivity contribution is 0.00194. The van der Waals surface area contributed by atoms with Gasteiger partial charge in [0.2, 0.25) is 0 Å². The highest BCUT2D eigenvalue weighted by atomic mass is 16.6. The lowest BCUT2D eigenvalue weighted by Gasteiger charge is -2.45. The van der Waals surface area contributed by atoms with E-state index < -0.39 is 5.60 Å². The third kappa shape index (κ3) is 5.85. The number of likely N-dealkylation sites (tertiary alicyclic amines) is 2. The minimum absolute atomic E-state index is 0.0610. The number of ether oxygens (including phenoxy) is 1. The Bertz CT molecular complexity index is 456. The van der Waals surface area contributed by atoms with Gasteiger partial charge in [-0.1, -0.05) is 13.8 Å². The van der Waals surface area contributed by atoms with Crippen molar-refractivity contribution in [2.75, 3.05) is 32.7 Å². The van der Waals surface area contributed by atoms with Crippen molar-refractivity contribution in [1.82, 2.24) is 15.1 Å². The molecule has 2 atom stereocenters. The molecule has 0 bridgehead atoms. The van der Waals surface area contributed by atoms with Gasteiger partial charge in [0.05, 0.1) is 0 Å². The topological polar surface area (TPSA) is 44.8 Å². The maximum absolute atomic E-state index is 12.4. The van der Waals surface area contributed by atoms with E-state index in [4.69, 9.17) is 4.74 Å². The van der Waals surface area contributed by atoms with Crippen LogP contribution < -0.4 is 5.32 Å². The van der Waals surface area contributed by atoms with Crippen LogP contribution in [0.4, 0.5) is 4.79 Å². The fraction of sp³-hybridized carbons (Fsp3) is 0.950. The summed E-state index contributed by atoms with van der Waals surface area (Å²) in [7, 11) is 0. The summed E-state index contributed by atoms with van der Waals surface area (Å²) >= 11 is 0. The first-order chi connectivity index (χ1) is 11.5. The summed E-state index contributed by atoms with van der Waals surface area (Å²) in [5, 5.41) is 3.82. The smallest absolute Gasteiger partial charge is 0.410 e. The number of hydrogen-bond acceptors (Lipinski definition) is 4. The van der Waals surface area contributed by atoms with Crippen LogP contribution >= 0.6 is 0 Å². The van der Waals surface area contributed by atoms with Gasteiger partial charge in [0.1, 0.15) is 5.60 Å². The minimum Gasteiger partial charge on any atom is -0.444 e. The standard InChI is InChI=1S/C20H39N3O2/c1-15(2)22-10-8-16(13-22)12-21-17-9-11-23(14-20(17,6)7)18(24)25-19(3,4)5/h15-17,21H,8-14H2,1-7H3. The van der Waals surface area contributed by atoms with E-state index in [9.17, 15) is 4.79 Å². The molecule has 2 heterocycles. The molecule has 1 amide bonds. The van der Waals surface area contributed by atoms with E-state index in [2.05, 4.69) is 37.9 Å². The summed E-state index contributed by atoms with van der Waals surface area (Å²) in [6.07, 6.45) is 2.11. The number of amides is 1. The summed E-state index contributed by atoms with van der Waals surface area (Å²) in [5.41, 5.74) is -0.368. The zero-order chi connectivity index (χ0) is 18.8. The molecule has 25 heavy (non-hydrogen) atoms. The summed E-state index contributed by atoms with van der Waals surface area (Å²) in [4.78, 5) is 16.8. The number of hydrogen-bond donors (Lipinski definition) is 1. The second-order valence-electron chi connectivity index (χ2n) is 9.88. The third-order valence-electron chi connectivity index (χ3n) is 5.58. The summed E-state index contributed by atoms with van der Waals surface area (Å²) in [6.45, 7) is 19.9. The number of nitrogens with one attached hydrogen (secondary N) is 1. The zero-order valence-corrected chi connectivity index (χ0v) is 17.4. The van der Waals surface area contributed by atoms with Crippen LogP contribution in [0, 0.1) is 11.3 Å². The molecule has 0 aliphatic carbocycles. The molecule has 0 aromatic carbocycles. The largest absolute Gasteiger partial charge is 0.444 e. The summed E-state index contributed by atoms with van der Waals surface area (Å²) in [5.74, 6) is 0.752. The number of piperidine rings is 1. The van der Waals surface area contributed by atoms with Gasteiger partial charge in [-0.05, 0) is 71.9 Å². The van der Waals surface area contributed by atoms with Gasteiger partial charge < -0.3 is 19.9 Å². The maximum Gasteiger partial charge on any atom is 0.410 e. The molecule has 2 rings (SSSR count). The second-order valence-corrected chi connectivity index (χ2v) is 9.88. The lowest BCUT2D eigenvalue weighted by atomic mass is 9.79.